The Morgan fingerprint density at radius 3 is 3.00 bits per heavy atom. The summed E-state index contributed by atoms with van der Waals surface area (Å²) in [5.41, 5.74) is 0.0762. The third kappa shape index (κ3) is 2.23. The van der Waals surface area contributed by atoms with Crippen LogP contribution in [0.5, 0.6) is 0 Å². The van der Waals surface area contributed by atoms with Crippen molar-refractivity contribution in [1.29, 1.82) is 0 Å². The second kappa shape index (κ2) is 3.96. The summed E-state index contributed by atoms with van der Waals surface area (Å²) in [7, 11) is 0. The Morgan fingerprint density at radius 1 is 1.47 bits per heavy atom. The lowest BCUT2D eigenvalue weighted by Crippen LogP contribution is -2.15. The number of nitrogens with zero attached hydrogens (tertiary/aromatic N) is 5. The highest BCUT2D eigenvalue weighted by molar-refractivity contribution is 6.29. The molecule has 0 saturated heterocycles. The number of tetrazole rings is 1. The molecular weight excluding hydrogens is 222 g/mol. The third-order valence-corrected chi connectivity index (χ3v) is 1.59. The van der Waals surface area contributed by atoms with Crippen molar-refractivity contribution in [2.75, 3.05) is 5.32 Å². The minimum absolute atomic E-state index is 0.0572. The summed E-state index contributed by atoms with van der Waals surface area (Å²) in [6.45, 7) is 0. The van der Waals surface area contributed by atoms with Crippen LogP contribution in [0.3, 0.4) is 0 Å². The van der Waals surface area contributed by atoms with Crippen molar-refractivity contribution in [3.63, 3.8) is 0 Å². The van der Waals surface area contributed by atoms with Crippen molar-refractivity contribution >= 4 is 23.5 Å². The molecule has 0 fully saturated rings. The van der Waals surface area contributed by atoms with Crippen LogP contribution in [0, 0.1) is 0 Å². The molecule has 8 nitrogen and oxygen atoms in total. The molecule has 0 spiro atoms. The zero-order valence-electron chi connectivity index (χ0n) is 7.18. The molecular formula is C6H4ClN7O. The summed E-state index contributed by atoms with van der Waals surface area (Å²) in [4.78, 5) is 18.9. The van der Waals surface area contributed by atoms with Crippen LogP contribution < -0.4 is 5.32 Å². The summed E-state index contributed by atoms with van der Waals surface area (Å²) in [5.74, 6) is -0.451. The molecule has 1 amide bonds. The third-order valence-electron chi connectivity index (χ3n) is 1.41. The summed E-state index contributed by atoms with van der Waals surface area (Å²) in [6.07, 6.45) is 2.61. The Morgan fingerprint density at radius 2 is 2.33 bits per heavy atom. The maximum Gasteiger partial charge on any atom is 0.278 e. The van der Waals surface area contributed by atoms with E-state index >= 15 is 0 Å². The highest BCUT2D eigenvalue weighted by Crippen LogP contribution is 2.03. The molecule has 15 heavy (non-hydrogen) atoms. The van der Waals surface area contributed by atoms with Crippen LogP contribution >= 0.6 is 11.6 Å². The predicted molar refractivity (Wildman–Crippen MR) is 49.2 cm³/mol. The molecule has 0 saturated carbocycles. The fraction of sp³-hybridized carbons (Fsp3) is 0. The van der Waals surface area contributed by atoms with E-state index in [-0.39, 0.29) is 16.8 Å². The first-order chi connectivity index (χ1) is 7.25. The van der Waals surface area contributed by atoms with Crippen molar-refractivity contribution in [3.8, 4) is 0 Å². The second-order valence-corrected chi connectivity index (χ2v) is 2.80. The summed E-state index contributed by atoms with van der Waals surface area (Å²) >= 11 is 5.57. The SMILES string of the molecule is O=C(Nc1nn[nH]n1)c1cncc(Cl)n1. The van der Waals surface area contributed by atoms with Gasteiger partial charge in [0.25, 0.3) is 11.9 Å². The van der Waals surface area contributed by atoms with E-state index in [1.807, 2.05) is 0 Å². The molecule has 0 bridgehead atoms. The molecule has 0 radical (unpaired) electrons. The van der Waals surface area contributed by atoms with Crippen LogP contribution in [0.15, 0.2) is 12.4 Å². The van der Waals surface area contributed by atoms with Gasteiger partial charge in [-0.2, -0.15) is 5.21 Å². The summed E-state index contributed by atoms with van der Waals surface area (Å²) in [5, 5.41) is 15.0. The van der Waals surface area contributed by atoms with Gasteiger partial charge in [0.15, 0.2) is 0 Å². The molecule has 0 aliphatic rings. The molecule has 2 rings (SSSR count). The van der Waals surface area contributed by atoms with Gasteiger partial charge in [-0.25, -0.2) is 4.98 Å². The van der Waals surface area contributed by atoms with Crippen molar-refractivity contribution in [2.45, 2.75) is 0 Å². The molecule has 2 aromatic rings. The molecule has 0 atom stereocenters. The van der Waals surface area contributed by atoms with Crippen LogP contribution in [0.2, 0.25) is 5.15 Å². The van der Waals surface area contributed by atoms with Crippen LogP contribution in [0.4, 0.5) is 5.95 Å². The summed E-state index contributed by atoms with van der Waals surface area (Å²) < 4.78 is 0. The zero-order valence-corrected chi connectivity index (χ0v) is 7.93. The maximum absolute atomic E-state index is 11.5. The van der Waals surface area contributed by atoms with Gasteiger partial charge in [-0.15, -0.1) is 5.10 Å². The van der Waals surface area contributed by atoms with Gasteiger partial charge in [0.1, 0.15) is 10.8 Å². The molecule has 0 unspecified atom stereocenters. The fourth-order valence-corrected chi connectivity index (χ4v) is 0.979. The topological polar surface area (TPSA) is 109 Å². The number of aromatic amines is 1. The van der Waals surface area contributed by atoms with E-state index in [0.717, 1.165) is 0 Å². The highest BCUT2D eigenvalue weighted by atomic mass is 35.5. The lowest BCUT2D eigenvalue weighted by atomic mass is 10.4. The Balaban J connectivity index is 2.15. The second-order valence-electron chi connectivity index (χ2n) is 2.42. The Kier molecular flexibility index (Phi) is 2.50. The van der Waals surface area contributed by atoms with E-state index in [2.05, 4.69) is 35.9 Å². The molecule has 0 aromatic carbocycles. The van der Waals surface area contributed by atoms with Gasteiger partial charge in [0.05, 0.1) is 12.4 Å². The van der Waals surface area contributed by atoms with E-state index in [0.29, 0.717) is 0 Å². The first-order valence-corrected chi connectivity index (χ1v) is 4.16. The number of carbonyl (C=O) groups is 1. The van der Waals surface area contributed by atoms with E-state index < -0.39 is 5.91 Å². The minimum atomic E-state index is -0.508. The van der Waals surface area contributed by atoms with Gasteiger partial charge in [0, 0.05) is 0 Å². The molecule has 9 heteroatoms. The molecule has 0 aliphatic heterocycles. The van der Waals surface area contributed by atoms with Crippen LogP contribution in [-0.4, -0.2) is 36.5 Å². The Labute approximate surface area is 88.1 Å². The lowest BCUT2D eigenvalue weighted by molar-refractivity contribution is 0.102. The zero-order chi connectivity index (χ0) is 10.7. The number of amides is 1. The molecule has 2 aromatic heterocycles. The predicted octanol–water partition coefficient (Wildman–Crippen LogP) is -0.105. The minimum Gasteiger partial charge on any atom is -0.286 e. The molecule has 2 N–H and O–H groups in total. The quantitative estimate of drug-likeness (QED) is 0.738. The summed E-state index contributed by atoms with van der Waals surface area (Å²) in [6, 6.07) is 0. The van der Waals surface area contributed by atoms with E-state index in [9.17, 15) is 4.79 Å². The van der Waals surface area contributed by atoms with Crippen molar-refractivity contribution in [3.05, 3.63) is 23.2 Å². The van der Waals surface area contributed by atoms with Gasteiger partial charge in [-0.05, 0) is 5.21 Å². The fourth-order valence-electron chi connectivity index (χ4n) is 0.832. The number of rotatable bonds is 2. The smallest absolute Gasteiger partial charge is 0.278 e. The number of carbonyl (C=O) groups excluding carboxylic acids is 1. The van der Waals surface area contributed by atoms with Crippen LogP contribution in [-0.2, 0) is 0 Å². The van der Waals surface area contributed by atoms with E-state index in [1.54, 1.807) is 0 Å². The maximum atomic E-state index is 11.5. The van der Waals surface area contributed by atoms with Crippen LogP contribution in [0.1, 0.15) is 10.5 Å². The normalized spacial score (nSPS) is 9.93. The standard InChI is InChI=1S/C6H4ClN7O/c7-4-2-8-1-3(9-4)5(15)10-6-11-13-14-12-6/h1-2H,(H2,10,11,12,13,14,15). The molecule has 76 valence electrons. The van der Waals surface area contributed by atoms with Gasteiger partial charge >= 0.3 is 0 Å². The number of nitrogens with one attached hydrogen (secondary N) is 2. The van der Waals surface area contributed by atoms with Gasteiger partial charge < -0.3 is 0 Å². The molecule has 0 aliphatic carbocycles. The number of anilines is 1. The monoisotopic (exact) mass is 225 g/mol. The first kappa shape index (κ1) is 9.46. The van der Waals surface area contributed by atoms with E-state index in [4.69, 9.17) is 11.6 Å². The number of H-pyrrole nitrogens is 1. The van der Waals surface area contributed by atoms with Crippen LogP contribution in [0.25, 0.3) is 0 Å². The number of halogens is 1. The van der Waals surface area contributed by atoms with Crippen molar-refractivity contribution in [2.24, 2.45) is 0 Å². The van der Waals surface area contributed by atoms with Gasteiger partial charge in [-0.3, -0.25) is 15.1 Å². The number of aromatic nitrogens is 6. The Bertz CT molecular complexity index is 470. The largest absolute Gasteiger partial charge is 0.286 e. The van der Waals surface area contributed by atoms with E-state index in [1.165, 1.54) is 12.4 Å². The first-order valence-electron chi connectivity index (χ1n) is 3.78. The Hall–Kier alpha value is -2.09. The van der Waals surface area contributed by atoms with Crippen molar-refractivity contribution in [1.82, 2.24) is 30.6 Å². The van der Waals surface area contributed by atoms with Gasteiger partial charge in [-0.1, -0.05) is 16.7 Å². The molecule has 2 heterocycles. The highest BCUT2D eigenvalue weighted by Gasteiger charge is 2.10. The average Bonchev–Trinajstić information content (AvgIpc) is 2.70. The number of hydrogen-bond donors (Lipinski definition) is 2. The average molecular weight is 226 g/mol. The number of hydrogen-bond acceptors (Lipinski definition) is 6. The lowest BCUT2D eigenvalue weighted by Gasteiger charge is -1.98. The van der Waals surface area contributed by atoms with Crippen molar-refractivity contribution < 1.29 is 4.79 Å². The van der Waals surface area contributed by atoms with Gasteiger partial charge in [0.2, 0.25) is 0 Å².